The predicted octanol–water partition coefficient (Wildman–Crippen LogP) is 2.45. The van der Waals surface area contributed by atoms with E-state index in [-0.39, 0.29) is 5.41 Å². The SMILES string of the molecule is CC(C)(C)Cc1onc(N)c1I. The molecule has 1 aromatic rings. The van der Waals surface area contributed by atoms with Crippen molar-refractivity contribution in [1.82, 2.24) is 5.16 Å². The van der Waals surface area contributed by atoms with Gasteiger partial charge in [0.2, 0.25) is 0 Å². The fraction of sp³-hybridized carbons (Fsp3) is 0.625. The number of nitrogens with two attached hydrogens (primary N) is 1. The van der Waals surface area contributed by atoms with Crippen LogP contribution in [0.3, 0.4) is 0 Å². The Kier molecular flexibility index (Phi) is 2.65. The number of hydrogen-bond acceptors (Lipinski definition) is 3. The van der Waals surface area contributed by atoms with Gasteiger partial charge >= 0.3 is 0 Å². The van der Waals surface area contributed by atoms with Crippen LogP contribution in [0.2, 0.25) is 0 Å². The number of aromatic nitrogens is 1. The van der Waals surface area contributed by atoms with Crippen molar-refractivity contribution in [3.63, 3.8) is 0 Å². The van der Waals surface area contributed by atoms with E-state index in [2.05, 4.69) is 48.5 Å². The molecule has 0 amide bonds. The highest BCUT2D eigenvalue weighted by atomic mass is 127. The van der Waals surface area contributed by atoms with Crippen molar-refractivity contribution in [2.45, 2.75) is 27.2 Å². The van der Waals surface area contributed by atoms with Gasteiger partial charge in [-0.3, -0.25) is 0 Å². The van der Waals surface area contributed by atoms with Gasteiger partial charge < -0.3 is 10.3 Å². The van der Waals surface area contributed by atoms with Gasteiger partial charge in [0, 0.05) is 6.42 Å². The summed E-state index contributed by atoms with van der Waals surface area (Å²) in [7, 11) is 0. The van der Waals surface area contributed by atoms with Crippen LogP contribution in [0.1, 0.15) is 26.5 Å². The molecular formula is C8H13IN2O. The first-order chi connectivity index (χ1) is 5.40. The average molecular weight is 280 g/mol. The van der Waals surface area contributed by atoms with E-state index in [9.17, 15) is 0 Å². The van der Waals surface area contributed by atoms with Crippen molar-refractivity contribution in [3.8, 4) is 0 Å². The second kappa shape index (κ2) is 3.24. The zero-order valence-electron chi connectivity index (χ0n) is 7.52. The van der Waals surface area contributed by atoms with Gasteiger partial charge in [0.05, 0.1) is 3.57 Å². The molecule has 0 spiro atoms. The van der Waals surface area contributed by atoms with Crippen LogP contribution >= 0.6 is 22.6 Å². The Hall–Kier alpha value is -0.260. The Labute approximate surface area is 85.8 Å². The number of hydrogen-bond donors (Lipinski definition) is 1. The lowest BCUT2D eigenvalue weighted by Crippen LogP contribution is -2.09. The average Bonchev–Trinajstić information content (AvgIpc) is 2.16. The minimum atomic E-state index is 0.214. The normalized spacial score (nSPS) is 12.0. The van der Waals surface area contributed by atoms with Gasteiger partial charge in [0.1, 0.15) is 0 Å². The fourth-order valence-electron chi connectivity index (χ4n) is 0.919. The van der Waals surface area contributed by atoms with Gasteiger partial charge in [-0.05, 0) is 28.0 Å². The molecule has 0 bridgehead atoms. The molecule has 1 heterocycles. The Balaban J connectivity index is 2.83. The fourth-order valence-corrected chi connectivity index (χ4v) is 1.31. The highest BCUT2D eigenvalue weighted by molar-refractivity contribution is 14.1. The smallest absolute Gasteiger partial charge is 0.180 e. The van der Waals surface area contributed by atoms with Crippen LogP contribution in [0.4, 0.5) is 5.82 Å². The molecule has 0 fully saturated rings. The van der Waals surface area contributed by atoms with E-state index in [1.807, 2.05) is 0 Å². The standard InChI is InChI=1S/C8H13IN2O/c1-8(2,3)4-5-6(9)7(10)11-12-5/h4H2,1-3H3,(H2,10,11). The quantitative estimate of drug-likeness (QED) is 0.804. The van der Waals surface area contributed by atoms with Gasteiger partial charge in [-0.2, -0.15) is 0 Å². The number of anilines is 1. The maximum Gasteiger partial charge on any atom is 0.180 e. The van der Waals surface area contributed by atoms with E-state index in [1.54, 1.807) is 0 Å². The molecule has 12 heavy (non-hydrogen) atoms. The van der Waals surface area contributed by atoms with Gasteiger partial charge in [0.15, 0.2) is 11.6 Å². The number of halogens is 1. The van der Waals surface area contributed by atoms with E-state index in [4.69, 9.17) is 10.3 Å². The lowest BCUT2D eigenvalue weighted by atomic mass is 9.91. The molecule has 4 heteroatoms. The van der Waals surface area contributed by atoms with E-state index in [0.717, 1.165) is 15.8 Å². The molecule has 0 aliphatic rings. The molecule has 0 radical (unpaired) electrons. The number of nitrogen functional groups attached to an aromatic ring is 1. The van der Waals surface area contributed by atoms with E-state index in [1.165, 1.54) is 0 Å². The summed E-state index contributed by atoms with van der Waals surface area (Å²) in [6.45, 7) is 6.46. The zero-order chi connectivity index (χ0) is 9.35. The maximum absolute atomic E-state index is 5.55. The van der Waals surface area contributed by atoms with Gasteiger partial charge in [-0.15, -0.1) is 0 Å². The van der Waals surface area contributed by atoms with Crippen LogP contribution in [0.15, 0.2) is 4.52 Å². The summed E-state index contributed by atoms with van der Waals surface area (Å²) in [5, 5.41) is 3.70. The molecule has 68 valence electrons. The lowest BCUT2D eigenvalue weighted by Gasteiger charge is -2.15. The Morgan fingerprint density at radius 2 is 2.08 bits per heavy atom. The van der Waals surface area contributed by atoms with Crippen LogP contribution in [0, 0.1) is 8.99 Å². The van der Waals surface area contributed by atoms with Crippen LogP contribution in [0.5, 0.6) is 0 Å². The van der Waals surface area contributed by atoms with E-state index >= 15 is 0 Å². The zero-order valence-corrected chi connectivity index (χ0v) is 9.68. The molecule has 2 N–H and O–H groups in total. The Morgan fingerprint density at radius 3 is 2.42 bits per heavy atom. The molecule has 0 aromatic carbocycles. The topological polar surface area (TPSA) is 52.0 Å². The third-order valence-electron chi connectivity index (χ3n) is 1.41. The summed E-state index contributed by atoms with van der Waals surface area (Å²) in [6, 6.07) is 0. The molecule has 1 aromatic heterocycles. The van der Waals surface area contributed by atoms with Crippen molar-refractivity contribution in [2.75, 3.05) is 5.73 Å². The minimum absolute atomic E-state index is 0.214. The third kappa shape index (κ3) is 2.36. The summed E-state index contributed by atoms with van der Waals surface area (Å²) in [4.78, 5) is 0. The predicted molar refractivity (Wildman–Crippen MR) is 56.8 cm³/mol. The van der Waals surface area contributed by atoms with Crippen LogP contribution in [-0.4, -0.2) is 5.16 Å². The number of rotatable bonds is 1. The molecule has 0 saturated heterocycles. The highest BCUT2D eigenvalue weighted by Crippen LogP contribution is 2.26. The molecule has 0 unspecified atom stereocenters. The second-order valence-corrected chi connectivity index (χ2v) is 5.12. The van der Waals surface area contributed by atoms with Gasteiger partial charge in [-0.1, -0.05) is 25.9 Å². The van der Waals surface area contributed by atoms with Crippen LogP contribution in [0.25, 0.3) is 0 Å². The first-order valence-electron chi connectivity index (χ1n) is 3.80. The van der Waals surface area contributed by atoms with Crippen molar-refractivity contribution in [3.05, 3.63) is 9.33 Å². The van der Waals surface area contributed by atoms with Crippen molar-refractivity contribution in [2.24, 2.45) is 5.41 Å². The molecule has 1 rings (SSSR count). The van der Waals surface area contributed by atoms with Crippen LogP contribution < -0.4 is 5.73 Å². The van der Waals surface area contributed by atoms with Crippen molar-refractivity contribution >= 4 is 28.4 Å². The Bertz CT molecular complexity index is 275. The molecular weight excluding hydrogens is 267 g/mol. The van der Waals surface area contributed by atoms with Crippen LogP contribution in [-0.2, 0) is 6.42 Å². The molecule has 0 aliphatic carbocycles. The third-order valence-corrected chi connectivity index (χ3v) is 2.57. The monoisotopic (exact) mass is 280 g/mol. The molecule has 0 atom stereocenters. The van der Waals surface area contributed by atoms with Gasteiger partial charge in [-0.25, -0.2) is 0 Å². The lowest BCUT2D eigenvalue weighted by molar-refractivity contribution is 0.320. The first kappa shape index (κ1) is 9.83. The largest absolute Gasteiger partial charge is 0.380 e. The molecule has 3 nitrogen and oxygen atoms in total. The second-order valence-electron chi connectivity index (χ2n) is 4.04. The maximum atomic E-state index is 5.55. The first-order valence-corrected chi connectivity index (χ1v) is 4.87. The summed E-state index contributed by atoms with van der Waals surface area (Å²) in [6.07, 6.45) is 0.871. The number of nitrogens with zero attached hydrogens (tertiary/aromatic N) is 1. The summed E-state index contributed by atoms with van der Waals surface area (Å²) < 4.78 is 6.04. The molecule has 0 aliphatic heterocycles. The minimum Gasteiger partial charge on any atom is -0.380 e. The van der Waals surface area contributed by atoms with Crippen molar-refractivity contribution < 1.29 is 4.52 Å². The highest BCUT2D eigenvalue weighted by Gasteiger charge is 2.18. The summed E-state index contributed by atoms with van der Waals surface area (Å²) >= 11 is 2.16. The van der Waals surface area contributed by atoms with E-state index in [0.29, 0.717) is 5.82 Å². The molecule has 0 saturated carbocycles. The Morgan fingerprint density at radius 1 is 1.50 bits per heavy atom. The van der Waals surface area contributed by atoms with Crippen molar-refractivity contribution in [1.29, 1.82) is 0 Å². The summed E-state index contributed by atoms with van der Waals surface area (Å²) in [5.41, 5.74) is 5.76. The summed E-state index contributed by atoms with van der Waals surface area (Å²) in [5.74, 6) is 1.38. The van der Waals surface area contributed by atoms with E-state index < -0.39 is 0 Å². The van der Waals surface area contributed by atoms with Gasteiger partial charge in [0.25, 0.3) is 0 Å².